The molecule has 0 bridgehead atoms. The van der Waals surface area contributed by atoms with Crippen molar-refractivity contribution in [2.45, 2.75) is 24.9 Å². The summed E-state index contributed by atoms with van der Waals surface area (Å²) in [6.45, 7) is 3.11. The van der Waals surface area contributed by atoms with Gasteiger partial charge in [0.05, 0.1) is 0 Å². The average Bonchev–Trinajstić information content (AvgIpc) is 2.81. The van der Waals surface area contributed by atoms with Gasteiger partial charge in [-0.2, -0.15) is 14.6 Å². The Morgan fingerprint density at radius 2 is 2.30 bits per heavy atom. The van der Waals surface area contributed by atoms with Gasteiger partial charge in [-0.05, 0) is 13.0 Å². The fourth-order valence-electron chi connectivity index (χ4n) is 1.59. The van der Waals surface area contributed by atoms with E-state index in [1.165, 1.54) is 29.5 Å². The molecule has 0 aliphatic heterocycles. The molecule has 2 rings (SSSR count). The van der Waals surface area contributed by atoms with Crippen molar-refractivity contribution < 1.29 is 14.7 Å². The number of nitrogens with one attached hydrogen (secondary N) is 1. The number of carboxylic acid groups (broad SMARTS) is 1. The minimum atomic E-state index is -1.08. The van der Waals surface area contributed by atoms with E-state index in [4.69, 9.17) is 5.11 Å². The van der Waals surface area contributed by atoms with Crippen LogP contribution < -0.4 is 5.32 Å². The maximum Gasteiger partial charge on any atom is 0.327 e. The van der Waals surface area contributed by atoms with Crippen LogP contribution in [0.25, 0.3) is 5.78 Å². The molecule has 2 N–H and O–H groups in total. The van der Waals surface area contributed by atoms with Gasteiger partial charge in [0, 0.05) is 18.4 Å². The van der Waals surface area contributed by atoms with Crippen LogP contribution in [-0.4, -0.2) is 48.4 Å². The molecule has 0 unspecified atom stereocenters. The van der Waals surface area contributed by atoms with Crippen LogP contribution in [-0.2, 0) is 9.59 Å². The summed E-state index contributed by atoms with van der Waals surface area (Å²) in [6.07, 6.45) is 1.38. The summed E-state index contributed by atoms with van der Waals surface area (Å²) in [5.74, 6) is -0.810. The summed E-state index contributed by atoms with van der Waals surface area (Å²) in [7, 11) is 0. The second kappa shape index (κ2) is 5.87. The molecule has 2 aromatic rings. The normalized spacial score (nSPS) is 12.3. The van der Waals surface area contributed by atoms with Crippen LogP contribution >= 0.6 is 11.8 Å². The second-order valence-electron chi connectivity index (χ2n) is 4.11. The predicted octanol–water partition coefficient (Wildman–Crippen LogP) is 0.114. The quantitative estimate of drug-likeness (QED) is 0.595. The van der Waals surface area contributed by atoms with Crippen molar-refractivity contribution >= 4 is 29.4 Å². The summed E-state index contributed by atoms with van der Waals surface area (Å²) in [6, 6.07) is 0.837. The van der Waals surface area contributed by atoms with E-state index in [1.807, 2.05) is 6.92 Å². The highest BCUT2D eigenvalue weighted by atomic mass is 32.2. The topological polar surface area (TPSA) is 109 Å². The summed E-state index contributed by atoms with van der Waals surface area (Å²) in [5.41, 5.74) is 0.763. The SMILES string of the molecule is CC(=O)N[C@@H](CSc1cc(C)nc2ncnn12)C(=O)O. The number of amides is 1. The maximum absolute atomic E-state index is 11.1. The third-order valence-electron chi connectivity index (χ3n) is 2.42. The molecule has 0 spiro atoms. The molecular formula is C11H13N5O3S. The fourth-order valence-corrected chi connectivity index (χ4v) is 2.66. The van der Waals surface area contributed by atoms with E-state index in [1.54, 1.807) is 6.07 Å². The number of hydrogen-bond acceptors (Lipinski definition) is 6. The lowest BCUT2D eigenvalue weighted by atomic mass is 10.3. The van der Waals surface area contributed by atoms with E-state index in [2.05, 4.69) is 20.4 Å². The molecule has 0 aliphatic rings. The average molecular weight is 295 g/mol. The fraction of sp³-hybridized carbons (Fsp3) is 0.364. The number of carbonyl (C=O) groups excluding carboxylic acids is 1. The van der Waals surface area contributed by atoms with Gasteiger partial charge in [0.2, 0.25) is 5.91 Å². The van der Waals surface area contributed by atoms with Gasteiger partial charge < -0.3 is 10.4 Å². The molecule has 106 valence electrons. The Morgan fingerprint density at radius 3 is 2.95 bits per heavy atom. The maximum atomic E-state index is 11.1. The first-order valence-electron chi connectivity index (χ1n) is 5.77. The highest BCUT2D eigenvalue weighted by Crippen LogP contribution is 2.19. The van der Waals surface area contributed by atoms with Gasteiger partial charge in [-0.15, -0.1) is 11.8 Å². The van der Waals surface area contributed by atoms with E-state index in [-0.39, 0.29) is 11.7 Å². The zero-order valence-corrected chi connectivity index (χ0v) is 11.7. The lowest BCUT2D eigenvalue weighted by Gasteiger charge is -2.13. The molecule has 20 heavy (non-hydrogen) atoms. The first kappa shape index (κ1) is 14.3. The Kier molecular flexibility index (Phi) is 4.18. The van der Waals surface area contributed by atoms with Crippen molar-refractivity contribution in [2.75, 3.05) is 5.75 Å². The summed E-state index contributed by atoms with van der Waals surface area (Å²) < 4.78 is 1.53. The smallest absolute Gasteiger partial charge is 0.327 e. The largest absolute Gasteiger partial charge is 0.480 e. The third kappa shape index (κ3) is 3.23. The zero-order valence-electron chi connectivity index (χ0n) is 10.9. The van der Waals surface area contributed by atoms with E-state index in [9.17, 15) is 9.59 Å². The number of rotatable bonds is 5. The Labute approximate surface area is 118 Å². The predicted molar refractivity (Wildman–Crippen MR) is 71.5 cm³/mol. The Bertz CT molecular complexity index is 657. The summed E-state index contributed by atoms with van der Waals surface area (Å²) in [5, 5.41) is 16.2. The van der Waals surface area contributed by atoms with Crippen molar-refractivity contribution in [1.82, 2.24) is 24.9 Å². The van der Waals surface area contributed by atoms with Gasteiger partial charge in [0.1, 0.15) is 17.4 Å². The number of aromatic nitrogens is 4. The van der Waals surface area contributed by atoms with Crippen molar-refractivity contribution in [2.24, 2.45) is 0 Å². The standard InChI is InChI=1S/C11H13N5O3S/c1-6-3-9(16-11(14-6)12-5-13-16)20-4-8(10(18)19)15-7(2)17/h3,5,8H,4H2,1-2H3,(H,15,17)(H,18,19)/t8-/m0/s1. The molecule has 9 heteroatoms. The van der Waals surface area contributed by atoms with Gasteiger partial charge in [0.25, 0.3) is 5.78 Å². The van der Waals surface area contributed by atoms with E-state index < -0.39 is 12.0 Å². The molecule has 0 saturated carbocycles. The van der Waals surface area contributed by atoms with Gasteiger partial charge >= 0.3 is 5.97 Å². The van der Waals surface area contributed by atoms with Crippen LogP contribution in [0.5, 0.6) is 0 Å². The van der Waals surface area contributed by atoms with Crippen LogP contribution in [0.1, 0.15) is 12.6 Å². The summed E-state index contributed by atoms with van der Waals surface area (Å²) >= 11 is 1.27. The first-order chi connectivity index (χ1) is 9.47. The molecule has 0 radical (unpaired) electrons. The molecule has 0 aromatic carbocycles. The number of aliphatic carboxylic acids is 1. The minimum Gasteiger partial charge on any atom is -0.480 e. The zero-order chi connectivity index (χ0) is 14.7. The molecule has 0 saturated heterocycles. The first-order valence-corrected chi connectivity index (χ1v) is 6.76. The van der Waals surface area contributed by atoms with Crippen molar-refractivity contribution in [1.29, 1.82) is 0 Å². The molecule has 2 aromatic heterocycles. The highest BCUT2D eigenvalue weighted by Gasteiger charge is 2.19. The minimum absolute atomic E-state index is 0.188. The third-order valence-corrected chi connectivity index (χ3v) is 3.51. The van der Waals surface area contributed by atoms with E-state index in [0.29, 0.717) is 5.78 Å². The molecule has 0 fully saturated rings. The Balaban J connectivity index is 2.17. The molecule has 1 atom stereocenters. The Hall–Kier alpha value is -2.16. The lowest BCUT2D eigenvalue weighted by Crippen LogP contribution is -2.41. The second-order valence-corrected chi connectivity index (χ2v) is 5.15. The summed E-state index contributed by atoms with van der Waals surface area (Å²) in [4.78, 5) is 30.2. The van der Waals surface area contributed by atoms with Crippen molar-refractivity contribution in [3.05, 3.63) is 18.1 Å². The van der Waals surface area contributed by atoms with Gasteiger partial charge in [-0.3, -0.25) is 4.79 Å². The number of nitrogens with zero attached hydrogens (tertiary/aromatic N) is 4. The Morgan fingerprint density at radius 1 is 1.55 bits per heavy atom. The number of carbonyl (C=O) groups is 2. The number of carboxylic acids is 1. The van der Waals surface area contributed by atoms with Crippen molar-refractivity contribution in [3.8, 4) is 0 Å². The molecule has 1 amide bonds. The lowest BCUT2D eigenvalue weighted by molar-refractivity contribution is -0.140. The molecule has 8 nitrogen and oxygen atoms in total. The molecule has 2 heterocycles. The van der Waals surface area contributed by atoms with Gasteiger partial charge in [-0.1, -0.05) is 0 Å². The number of aryl methyl sites for hydroxylation is 1. The number of hydrogen-bond donors (Lipinski definition) is 2. The van der Waals surface area contributed by atoms with Crippen LogP contribution in [0, 0.1) is 6.92 Å². The number of thioether (sulfide) groups is 1. The van der Waals surface area contributed by atoms with Crippen LogP contribution in [0.4, 0.5) is 0 Å². The van der Waals surface area contributed by atoms with E-state index in [0.717, 1.165) is 10.7 Å². The van der Waals surface area contributed by atoms with Gasteiger partial charge in [-0.25, -0.2) is 9.78 Å². The van der Waals surface area contributed by atoms with E-state index >= 15 is 0 Å². The number of fused-ring (bicyclic) bond motifs is 1. The van der Waals surface area contributed by atoms with Crippen molar-refractivity contribution in [3.63, 3.8) is 0 Å². The molecular weight excluding hydrogens is 282 g/mol. The van der Waals surface area contributed by atoms with Gasteiger partial charge in [0.15, 0.2) is 0 Å². The van der Waals surface area contributed by atoms with Crippen LogP contribution in [0.2, 0.25) is 0 Å². The monoisotopic (exact) mass is 295 g/mol. The van der Waals surface area contributed by atoms with Crippen LogP contribution in [0.15, 0.2) is 17.4 Å². The van der Waals surface area contributed by atoms with Crippen LogP contribution in [0.3, 0.4) is 0 Å². The molecule has 0 aliphatic carbocycles. The highest BCUT2D eigenvalue weighted by molar-refractivity contribution is 7.99.